The second-order valence-electron chi connectivity index (χ2n) is 15.1. The highest BCUT2D eigenvalue weighted by molar-refractivity contribution is 6.03. The van der Waals surface area contributed by atoms with E-state index >= 15 is 0 Å². The van der Waals surface area contributed by atoms with Gasteiger partial charge in [0.25, 0.3) is 11.8 Å². The van der Waals surface area contributed by atoms with Gasteiger partial charge in [-0.25, -0.2) is 0 Å². The molecule has 3 heterocycles. The Hall–Kier alpha value is -4.97. The minimum Gasteiger partial charge on any atom is -0.493 e. The number of benzene rings is 3. The van der Waals surface area contributed by atoms with Crippen LogP contribution in [0.2, 0.25) is 0 Å². The summed E-state index contributed by atoms with van der Waals surface area (Å²) in [6.45, 7) is 13.9. The molecule has 0 radical (unpaired) electrons. The number of ether oxygens (including phenoxy) is 6. The highest BCUT2D eigenvalue weighted by Gasteiger charge is 2.38. The van der Waals surface area contributed by atoms with Crippen molar-refractivity contribution in [2.75, 3.05) is 61.2 Å². The molecule has 3 aromatic rings. The first-order valence-electron chi connectivity index (χ1n) is 18.2. The van der Waals surface area contributed by atoms with Crippen LogP contribution < -0.4 is 28.4 Å². The van der Waals surface area contributed by atoms with Gasteiger partial charge in [-0.15, -0.1) is 0 Å². The van der Waals surface area contributed by atoms with Gasteiger partial charge >= 0.3 is 0 Å². The van der Waals surface area contributed by atoms with Crippen LogP contribution in [0.25, 0.3) is 0 Å². The number of aryl methyl sites for hydroxylation is 1. The van der Waals surface area contributed by atoms with Gasteiger partial charge in [0.05, 0.1) is 45.7 Å². The number of hydrogen-bond donors (Lipinski definition) is 0. The predicted molar refractivity (Wildman–Crippen MR) is 203 cm³/mol. The molecule has 12 nitrogen and oxygen atoms in total. The van der Waals surface area contributed by atoms with Crippen LogP contribution >= 0.6 is 0 Å². The molecule has 3 aliphatic heterocycles. The van der Waals surface area contributed by atoms with Crippen LogP contribution in [0, 0.1) is 6.92 Å². The third-order valence-electron chi connectivity index (χ3n) is 10.4. The third kappa shape index (κ3) is 7.88. The Morgan fingerprint density at radius 1 is 0.811 bits per heavy atom. The molecule has 0 aromatic heterocycles. The monoisotopic (exact) mass is 728 g/mol. The molecule has 12 heteroatoms. The van der Waals surface area contributed by atoms with Crippen molar-refractivity contribution in [3.8, 4) is 40.2 Å². The Labute approximate surface area is 312 Å². The van der Waals surface area contributed by atoms with E-state index in [2.05, 4.69) is 32.6 Å². The molecule has 3 aliphatic rings. The van der Waals surface area contributed by atoms with Gasteiger partial charge in [-0.3, -0.25) is 19.5 Å². The molecule has 1 atom stereocenters. The maximum absolute atomic E-state index is 13.7. The summed E-state index contributed by atoms with van der Waals surface area (Å²) in [5.41, 5.74) is 1.76. The van der Waals surface area contributed by atoms with Gasteiger partial charge in [0.2, 0.25) is 5.75 Å². The van der Waals surface area contributed by atoms with E-state index in [1.54, 1.807) is 52.7 Å². The zero-order valence-corrected chi connectivity index (χ0v) is 32.4. The molecule has 6 rings (SSSR count). The maximum Gasteiger partial charge on any atom is 0.256 e. The second-order valence-corrected chi connectivity index (χ2v) is 15.1. The Bertz CT molecular complexity index is 1860. The number of hydrogen-bond acceptors (Lipinski definition) is 10. The molecule has 2 fully saturated rings. The fourth-order valence-corrected chi connectivity index (χ4v) is 7.91. The van der Waals surface area contributed by atoms with E-state index in [0.29, 0.717) is 76.6 Å². The van der Waals surface area contributed by atoms with Crippen LogP contribution in [-0.2, 0) is 0 Å². The third-order valence-corrected chi connectivity index (χ3v) is 10.4. The molecule has 0 N–H and O–H groups in total. The first kappa shape index (κ1) is 37.8. The number of amides is 2. The van der Waals surface area contributed by atoms with Crippen molar-refractivity contribution in [3.05, 3.63) is 59.2 Å². The Balaban J connectivity index is 1.08. The smallest absolute Gasteiger partial charge is 0.256 e. The van der Waals surface area contributed by atoms with Crippen molar-refractivity contribution in [1.29, 1.82) is 0 Å². The molecule has 2 saturated heterocycles. The molecular weight excluding hydrogens is 676 g/mol. The molecule has 0 aliphatic carbocycles. The Morgan fingerprint density at radius 3 is 2.11 bits per heavy atom. The molecule has 0 bridgehead atoms. The average molecular weight is 729 g/mol. The standard InChI is InChI=1S/C41H52N4O8/c1-26-19-27(12-13-32(26)52-29-20-35(49-7)37(51-9)36(21-29)50-8)38(46)43-15-17-44(18-16-43)40(2,3)25-41(4,5)53-34-23-31-30(22-33(34)48-6)39(47)45-14-10-11-28(45)24-42-31/h12-13,19-24,28H,10-11,14-18,25H2,1-9H3. The van der Waals surface area contributed by atoms with Gasteiger partial charge in [-0.1, -0.05) is 0 Å². The fraction of sp³-hybridized carbons (Fsp3) is 0.488. The van der Waals surface area contributed by atoms with E-state index in [0.717, 1.165) is 38.0 Å². The normalized spacial score (nSPS) is 17.5. The Morgan fingerprint density at radius 2 is 1.49 bits per heavy atom. The minimum atomic E-state index is -0.583. The van der Waals surface area contributed by atoms with E-state index in [1.807, 2.05) is 41.1 Å². The number of carbonyl (C=O) groups excluding carboxylic acids is 2. The average Bonchev–Trinajstić information content (AvgIpc) is 3.57. The minimum absolute atomic E-state index is 0.00886. The van der Waals surface area contributed by atoms with Gasteiger partial charge in [-0.2, -0.15) is 0 Å². The summed E-state index contributed by atoms with van der Waals surface area (Å²) in [7, 11) is 6.26. The highest BCUT2D eigenvalue weighted by atomic mass is 16.5. The quantitative estimate of drug-likeness (QED) is 0.196. The lowest BCUT2D eigenvalue weighted by molar-refractivity contribution is -0.00471. The lowest BCUT2D eigenvalue weighted by atomic mass is 9.87. The zero-order chi connectivity index (χ0) is 38.1. The number of fused-ring (bicyclic) bond motifs is 2. The molecule has 53 heavy (non-hydrogen) atoms. The van der Waals surface area contributed by atoms with Crippen LogP contribution in [0.1, 0.15) is 73.2 Å². The largest absolute Gasteiger partial charge is 0.493 e. The van der Waals surface area contributed by atoms with E-state index in [-0.39, 0.29) is 23.4 Å². The summed E-state index contributed by atoms with van der Waals surface area (Å²) in [6, 6.07) is 12.6. The summed E-state index contributed by atoms with van der Waals surface area (Å²) in [5, 5.41) is 0. The number of carbonyl (C=O) groups is 2. The number of piperazine rings is 1. The van der Waals surface area contributed by atoms with E-state index in [1.165, 1.54) is 0 Å². The molecule has 2 amide bonds. The molecule has 1 unspecified atom stereocenters. The van der Waals surface area contributed by atoms with Crippen molar-refractivity contribution in [2.45, 2.75) is 71.1 Å². The summed E-state index contributed by atoms with van der Waals surface area (Å²) >= 11 is 0. The molecule has 0 spiro atoms. The second kappa shape index (κ2) is 15.2. The van der Waals surface area contributed by atoms with Gasteiger partial charge in [0.1, 0.15) is 17.1 Å². The lowest BCUT2D eigenvalue weighted by Crippen LogP contribution is -2.57. The highest BCUT2D eigenvalue weighted by Crippen LogP contribution is 2.43. The van der Waals surface area contributed by atoms with Crippen molar-refractivity contribution in [3.63, 3.8) is 0 Å². The maximum atomic E-state index is 13.7. The van der Waals surface area contributed by atoms with Gasteiger partial charge in [0, 0.05) is 74.7 Å². The van der Waals surface area contributed by atoms with E-state index in [9.17, 15) is 9.59 Å². The van der Waals surface area contributed by atoms with Gasteiger partial charge < -0.3 is 38.2 Å². The SMILES string of the molecule is COc1cc2c(cc1OC(C)(C)CC(C)(C)N1CCN(C(=O)c3ccc(Oc4cc(OC)c(OC)c(OC)c4)c(C)c3)CC1)N=CC1CCCN1C2=O. The molecule has 0 saturated carbocycles. The van der Waals surface area contributed by atoms with Crippen molar-refractivity contribution in [2.24, 2.45) is 4.99 Å². The summed E-state index contributed by atoms with van der Waals surface area (Å²) in [5.74, 6) is 3.66. The predicted octanol–water partition coefficient (Wildman–Crippen LogP) is 6.93. The molecule has 3 aromatic carbocycles. The fourth-order valence-electron chi connectivity index (χ4n) is 7.91. The molecule has 284 valence electrons. The van der Waals surface area contributed by atoms with Gasteiger partial charge in [-0.05, 0) is 77.3 Å². The van der Waals surface area contributed by atoms with Crippen LogP contribution in [0.15, 0.2) is 47.5 Å². The first-order valence-corrected chi connectivity index (χ1v) is 18.2. The lowest BCUT2D eigenvalue weighted by Gasteiger charge is -2.47. The van der Waals surface area contributed by atoms with Gasteiger partial charge in [0.15, 0.2) is 23.0 Å². The summed E-state index contributed by atoms with van der Waals surface area (Å²) in [6.07, 6.45) is 4.50. The summed E-state index contributed by atoms with van der Waals surface area (Å²) < 4.78 is 34.9. The van der Waals surface area contributed by atoms with E-state index in [4.69, 9.17) is 33.4 Å². The van der Waals surface area contributed by atoms with Crippen LogP contribution in [0.5, 0.6) is 40.2 Å². The topological polar surface area (TPSA) is 112 Å². The summed E-state index contributed by atoms with van der Waals surface area (Å²) in [4.78, 5) is 37.9. The first-order chi connectivity index (χ1) is 25.3. The van der Waals surface area contributed by atoms with Crippen LogP contribution in [-0.4, -0.2) is 111 Å². The van der Waals surface area contributed by atoms with Crippen LogP contribution in [0.3, 0.4) is 0 Å². The number of nitrogens with zero attached hydrogens (tertiary/aromatic N) is 4. The Kier molecular flexibility index (Phi) is 10.8. The van der Waals surface area contributed by atoms with Crippen molar-refractivity contribution >= 4 is 23.7 Å². The zero-order valence-electron chi connectivity index (χ0n) is 32.4. The van der Waals surface area contributed by atoms with Crippen molar-refractivity contribution < 1.29 is 38.0 Å². The molecular formula is C41H52N4O8. The van der Waals surface area contributed by atoms with Crippen LogP contribution in [0.4, 0.5) is 5.69 Å². The number of aliphatic imine (C=N–C) groups is 1. The number of rotatable bonds is 12. The number of methoxy groups -OCH3 is 4. The van der Waals surface area contributed by atoms with E-state index < -0.39 is 5.60 Å². The van der Waals surface area contributed by atoms with Crippen molar-refractivity contribution in [1.82, 2.24) is 14.7 Å².